The summed E-state index contributed by atoms with van der Waals surface area (Å²) in [4.78, 5) is 26.8. The number of likely N-dealkylation sites (tertiary alicyclic amines) is 1. The van der Waals surface area contributed by atoms with Gasteiger partial charge in [-0.3, -0.25) is 4.79 Å². The van der Waals surface area contributed by atoms with E-state index in [2.05, 4.69) is 6.07 Å². The zero-order valence-electron chi connectivity index (χ0n) is 17.2. The van der Waals surface area contributed by atoms with Crippen LogP contribution in [0.15, 0.2) is 18.2 Å². The SMILES string of the molecule is COc1ccc([C@H](C#N)C(=O)C2CCN(C(=O)OC(C)(C)C)CC2)cc1OC. The summed E-state index contributed by atoms with van der Waals surface area (Å²) in [6.07, 6.45) is 0.669. The molecule has 0 saturated carbocycles. The van der Waals surface area contributed by atoms with Crippen LogP contribution in [0.1, 0.15) is 45.1 Å². The van der Waals surface area contributed by atoms with E-state index >= 15 is 0 Å². The Morgan fingerprint density at radius 3 is 2.25 bits per heavy atom. The monoisotopic (exact) mass is 388 g/mol. The third-order valence-electron chi connectivity index (χ3n) is 4.70. The maximum absolute atomic E-state index is 13.0. The summed E-state index contributed by atoms with van der Waals surface area (Å²) in [7, 11) is 3.04. The normalized spacial score (nSPS) is 16.1. The van der Waals surface area contributed by atoms with Gasteiger partial charge in [-0.1, -0.05) is 6.07 Å². The molecule has 1 aliphatic rings. The number of hydrogen-bond acceptors (Lipinski definition) is 6. The molecule has 1 heterocycles. The molecule has 2 rings (SSSR count). The fraction of sp³-hybridized carbons (Fsp3) is 0.571. The van der Waals surface area contributed by atoms with Gasteiger partial charge in [-0.2, -0.15) is 5.26 Å². The van der Waals surface area contributed by atoms with Gasteiger partial charge in [0.2, 0.25) is 0 Å². The second-order valence-corrected chi connectivity index (χ2v) is 7.82. The number of methoxy groups -OCH3 is 2. The predicted molar refractivity (Wildman–Crippen MR) is 103 cm³/mol. The molecule has 0 radical (unpaired) electrons. The van der Waals surface area contributed by atoms with Crippen LogP contribution in [0, 0.1) is 17.2 Å². The summed E-state index contributed by atoms with van der Waals surface area (Å²) in [6, 6.07) is 7.19. The molecule has 1 amide bonds. The van der Waals surface area contributed by atoms with E-state index in [4.69, 9.17) is 14.2 Å². The molecule has 0 spiro atoms. The third kappa shape index (κ3) is 5.16. The summed E-state index contributed by atoms with van der Waals surface area (Å²) in [5.41, 5.74) is 0.0306. The van der Waals surface area contributed by atoms with Gasteiger partial charge < -0.3 is 19.1 Å². The van der Waals surface area contributed by atoms with Crippen molar-refractivity contribution in [2.75, 3.05) is 27.3 Å². The van der Waals surface area contributed by atoms with E-state index in [0.29, 0.717) is 43.0 Å². The van der Waals surface area contributed by atoms with Crippen LogP contribution < -0.4 is 9.47 Å². The number of benzene rings is 1. The van der Waals surface area contributed by atoms with Crippen molar-refractivity contribution in [3.8, 4) is 17.6 Å². The van der Waals surface area contributed by atoms with Crippen molar-refractivity contribution in [1.82, 2.24) is 4.90 Å². The standard InChI is InChI=1S/C21H28N2O5/c1-21(2,3)28-20(25)23-10-8-14(9-11-23)19(24)16(13-22)15-6-7-17(26-4)18(12-15)27-5/h6-7,12,14,16H,8-11H2,1-5H3/t16-/m0/s1. The van der Waals surface area contributed by atoms with Gasteiger partial charge in [0.05, 0.1) is 20.3 Å². The molecule has 0 aliphatic carbocycles. The number of Topliss-reactive ketones (excluding diaryl/α,β-unsaturated/α-hetero) is 1. The molecule has 7 nitrogen and oxygen atoms in total. The summed E-state index contributed by atoms with van der Waals surface area (Å²) in [6.45, 7) is 6.34. The predicted octanol–water partition coefficient (Wildman–Crippen LogP) is 3.53. The Kier molecular flexibility index (Phi) is 6.90. The van der Waals surface area contributed by atoms with Gasteiger partial charge >= 0.3 is 6.09 Å². The number of hydrogen-bond donors (Lipinski definition) is 0. The smallest absolute Gasteiger partial charge is 0.410 e. The highest BCUT2D eigenvalue weighted by molar-refractivity contribution is 5.90. The lowest BCUT2D eigenvalue weighted by atomic mass is 9.83. The maximum Gasteiger partial charge on any atom is 0.410 e. The molecule has 0 N–H and O–H groups in total. The molecule has 0 unspecified atom stereocenters. The van der Waals surface area contributed by atoms with Crippen molar-refractivity contribution in [2.24, 2.45) is 5.92 Å². The first-order valence-corrected chi connectivity index (χ1v) is 9.33. The van der Waals surface area contributed by atoms with E-state index in [1.165, 1.54) is 14.2 Å². The first kappa shape index (κ1) is 21.5. The number of carbonyl (C=O) groups is 2. The average Bonchev–Trinajstić information content (AvgIpc) is 2.67. The molecule has 152 valence electrons. The van der Waals surface area contributed by atoms with Gasteiger partial charge in [-0.05, 0) is 51.3 Å². The van der Waals surface area contributed by atoms with Gasteiger partial charge in [-0.15, -0.1) is 0 Å². The molecule has 1 saturated heterocycles. The molecule has 1 aromatic carbocycles. The Bertz CT molecular complexity index is 755. The fourth-order valence-corrected chi connectivity index (χ4v) is 3.24. The second-order valence-electron chi connectivity index (χ2n) is 7.82. The first-order chi connectivity index (χ1) is 13.2. The zero-order chi connectivity index (χ0) is 20.9. The Morgan fingerprint density at radius 1 is 1.14 bits per heavy atom. The van der Waals surface area contributed by atoms with Crippen LogP contribution in [0.4, 0.5) is 4.79 Å². The summed E-state index contributed by atoms with van der Waals surface area (Å²) in [5.74, 6) is -0.248. The van der Waals surface area contributed by atoms with Gasteiger partial charge in [0.1, 0.15) is 11.5 Å². The molecule has 1 atom stereocenters. The van der Waals surface area contributed by atoms with Crippen molar-refractivity contribution >= 4 is 11.9 Å². The van der Waals surface area contributed by atoms with E-state index < -0.39 is 11.5 Å². The van der Waals surface area contributed by atoms with Crippen molar-refractivity contribution in [3.63, 3.8) is 0 Å². The van der Waals surface area contributed by atoms with Gasteiger partial charge in [-0.25, -0.2) is 4.79 Å². The number of nitriles is 1. The number of ketones is 1. The van der Waals surface area contributed by atoms with E-state index in [1.807, 2.05) is 20.8 Å². The number of nitrogens with zero attached hydrogens (tertiary/aromatic N) is 2. The van der Waals surface area contributed by atoms with Crippen LogP contribution in [0.5, 0.6) is 11.5 Å². The number of carbonyl (C=O) groups excluding carboxylic acids is 2. The zero-order valence-corrected chi connectivity index (χ0v) is 17.2. The Labute approximate surface area is 166 Å². The minimum absolute atomic E-state index is 0.126. The Hall–Kier alpha value is -2.75. The van der Waals surface area contributed by atoms with Crippen LogP contribution >= 0.6 is 0 Å². The molecule has 1 aliphatic heterocycles. The molecular formula is C21H28N2O5. The lowest BCUT2D eigenvalue weighted by Crippen LogP contribution is -2.43. The molecule has 7 heteroatoms. The van der Waals surface area contributed by atoms with Crippen LogP contribution in [0.25, 0.3) is 0 Å². The number of ether oxygens (including phenoxy) is 3. The quantitative estimate of drug-likeness (QED) is 0.767. The number of piperidine rings is 1. The van der Waals surface area contributed by atoms with E-state index in [9.17, 15) is 14.9 Å². The number of amides is 1. The molecule has 1 aromatic rings. The van der Waals surface area contributed by atoms with Gasteiger partial charge in [0, 0.05) is 19.0 Å². The molecular weight excluding hydrogens is 360 g/mol. The number of rotatable bonds is 5. The van der Waals surface area contributed by atoms with E-state index in [0.717, 1.165) is 0 Å². The molecule has 0 aromatic heterocycles. The largest absolute Gasteiger partial charge is 0.493 e. The first-order valence-electron chi connectivity index (χ1n) is 9.33. The van der Waals surface area contributed by atoms with Gasteiger partial charge in [0.25, 0.3) is 0 Å². The minimum Gasteiger partial charge on any atom is -0.493 e. The highest BCUT2D eigenvalue weighted by Crippen LogP contribution is 2.33. The minimum atomic E-state index is -0.877. The second kappa shape index (κ2) is 8.96. The Balaban J connectivity index is 2.05. The lowest BCUT2D eigenvalue weighted by molar-refractivity contribution is -0.124. The lowest BCUT2D eigenvalue weighted by Gasteiger charge is -2.33. The van der Waals surface area contributed by atoms with Crippen molar-refractivity contribution in [2.45, 2.75) is 45.1 Å². The van der Waals surface area contributed by atoms with Crippen LogP contribution in [-0.4, -0.2) is 49.7 Å². The highest BCUT2D eigenvalue weighted by atomic mass is 16.6. The molecule has 1 fully saturated rings. The Morgan fingerprint density at radius 2 is 1.75 bits per heavy atom. The van der Waals surface area contributed by atoms with Crippen LogP contribution in [0.3, 0.4) is 0 Å². The van der Waals surface area contributed by atoms with Crippen molar-refractivity contribution in [1.29, 1.82) is 5.26 Å². The van der Waals surface area contributed by atoms with Crippen molar-refractivity contribution in [3.05, 3.63) is 23.8 Å². The van der Waals surface area contributed by atoms with Crippen molar-refractivity contribution < 1.29 is 23.8 Å². The van der Waals surface area contributed by atoms with E-state index in [-0.39, 0.29) is 17.8 Å². The highest BCUT2D eigenvalue weighted by Gasteiger charge is 2.34. The topological polar surface area (TPSA) is 88.9 Å². The van der Waals surface area contributed by atoms with Gasteiger partial charge in [0.15, 0.2) is 17.3 Å². The van der Waals surface area contributed by atoms with Crippen LogP contribution in [-0.2, 0) is 9.53 Å². The summed E-state index contributed by atoms with van der Waals surface area (Å²) >= 11 is 0. The summed E-state index contributed by atoms with van der Waals surface area (Å²) < 4.78 is 15.9. The molecule has 0 bridgehead atoms. The van der Waals surface area contributed by atoms with Crippen LogP contribution in [0.2, 0.25) is 0 Å². The maximum atomic E-state index is 13.0. The third-order valence-corrected chi connectivity index (χ3v) is 4.70. The molecule has 28 heavy (non-hydrogen) atoms. The fourth-order valence-electron chi connectivity index (χ4n) is 3.24. The average molecular weight is 388 g/mol. The summed E-state index contributed by atoms with van der Waals surface area (Å²) in [5, 5.41) is 9.61. The van der Waals surface area contributed by atoms with E-state index in [1.54, 1.807) is 23.1 Å².